The van der Waals surface area contributed by atoms with Gasteiger partial charge in [-0.25, -0.2) is 0 Å². The molecule has 110 valence electrons. The SMILES string of the molecule is CCCN(CC1CC1)C(=O)c1ccc(-n2cccc2)cc1. The van der Waals surface area contributed by atoms with Crippen molar-refractivity contribution in [3.8, 4) is 5.69 Å². The largest absolute Gasteiger partial charge is 0.338 e. The van der Waals surface area contributed by atoms with Gasteiger partial charge in [-0.3, -0.25) is 4.79 Å². The molecule has 1 aromatic heterocycles. The Morgan fingerprint density at radius 1 is 1.19 bits per heavy atom. The molecule has 3 rings (SSSR count). The first-order chi connectivity index (χ1) is 10.3. The molecule has 3 heteroatoms. The van der Waals surface area contributed by atoms with Gasteiger partial charge in [-0.05, 0) is 61.6 Å². The molecular weight excluding hydrogens is 260 g/mol. The van der Waals surface area contributed by atoms with Crippen LogP contribution in [0.25, 0.3) is 5.69 Å². The van der Waals surface area contributed by atoms with E-state index in [0.717, 1.165) is 36.7 Å². The van der Waals surface area contributed by atoms with Crippen LogP contribution >= 0.6 is 0 Å². The third kappa shape index (κ3) is 3.35. The second-order valence-corrected chi connectivity index (χ2v) is 5.83. The van der Waals surface area contributed by atoms with E-state index in [0.29, 0.717) is 0 Å². The van der Waals surface area contributed by atoms with Gasteiger partial charge in [0.25, 0.3) is 5.91 Å². The Balaban J connectivity index is 1.73. The summed E-state index contributed by atoms with van der Waals surface area (Å²) in [5.74, 6) is 0.905. The highest BCUT2D eigenvalue weighted by Gasteiger charge is 2.26. The minimum absolute atomic E-state index is 0.169. The lowest BCUT2D eigenvalue weighted by Gasteiger charge is -2.22. The van der Waals surface area contributed by atoms with Crippen molar-refractivity contribution in [2.45, 2.75) is 26.2 Å². The lowest BCUT2D eigenvalue weighted by Crippen LogP contribution is -2.33. The Morgan fingerprint density at radius 3 is 2.43 bits per heavy atom. The number of carbonyl (C=O) groups excluding carboxylic acids is 1. The highest BCUT2D eigenvalue weighted by molar-refractivity contribution is 5.94. The van der Waals surface area contributed by atoms with Crippen LogP contribution in [0.3, 0.4) is 0 Å². The number of rotatable bonds is 6. The lowest BCUT2D eigenvalue weighted by atomic mass is 10.1. The zero-order chi connectivity index (χ0) is 14.7. The molecule has 0 radical (unpaired) electrons. The first-order valence-corrected chi connectivity index (χ1v) is 7.80. The molecule has 2 aromatic rings. The molecule has 1 heterocycles. The number of aromatic nitrogens is 1. The van der Waals surface area contributed by atoms with Crippen LogP contribution in [0.1, 0.15) is 36.5 Å². The second-order valence-electron chi connectivity index (χ2n) is 5.83. The van der Waals surface area contributed by atoms with Crippen LogP contribution in [-0.4, -0.2) is 28.5 Å². The fourth-order valence-electron chi connectivity index (χ4n) is 2.62. The standard InChI is InChI=1S/C18H22N2O/c1-2-11-20(14-15-5-6-15)18(21)16-7-9-17(10-8-16)19-12-3-4-13-19/h3-4,7-10,12-13,15H,2,5-6,11,14H2,1H3. The topological polar surface area (TPSA) is 25.2 Å². The summed E-state index contributed by atoms with van der Waals surface area (Å²) in [6.45, 7) is 3.91. The maximum Gasteiger partial charge on any atom is 0.253 e. The molecule has 1 saturated carbocycles. The fraction of sp³-hybridized carbons (Fsp3) is 0.389. The molecule has 0 bridgehead atoms. The van der Waals surface area contributed by atoms with Crippen molar-refractivity contribution in [3.63, 3.8) is 0 Å². The van der Waals surface area contributed by atoms with Gasteiger partial charge >= 0.3 is 0 Å². The molecule has 0 unspecified atom stereocenters. The van der Waals surface area contributed by atoms with Gasteiger partial charge in [0.15, 0.2) is 0 Å². The van der Waals surface area contributed by atoms with Gasteiger partial charge in [-0.15, -0.1) is 0 Å². The van der Waals surface area contributed by atoms with Gasteiger partial charge in [0, 0.05) is 36.7 Å². The maximum atomic E-state index is 12.6. The molecular formula is C18H22N2O. The van der Waals surface area contributed by atoms with E-state index < -0.39 is 0 Å². The van der Waals surface area contributed by atoms with Crippen molar-refractivity contribution in [2.24, 2.45) is 5.92 Å². The van der Waals surface area contributed by atoms with Crippen LogP contribution in [0.4, 0.5) is 0 Å². The van der Waals surface area contributed by atoms with Crippen molar-refractivity contribution in [3.05, 3.63) is 54.4 Å². The van der Waals surface area contributed by atoms with E-state index in [4.69, 9.17) is 0 Å². The minimum Gasteiger partial charge on any atom is -0.338 e. The smallest absolute Gasteiger partial charge is 0.253 e. The Kier molecular flexibility index (Phi) is 4.09. The summed E-state index contributed by atoms with van der Waals surface area (Å²) in [7, 11) is 0. The van der Waals surface area contributed by atoms with E-state index >= 15 is 0 Å². The summed E-state index contributed by atoms with van der Waals surface area (Å²) >= 11 is 0. The number of nitrogens with zero attached hydrogens (tertiary/aromatic N) is 2. The molecule has 0 N–H and O–H groups in total. The highest BCUT2D eigenvalue weighted by atomic mass is 16.2. The quantitative estimate of drug-likeness (QED) is 0.792. The molecule has 1 aliphatic rings. The molecule has 1 amide bonds. The van der Waals surface area contributed by atoms with E-state index in [2.05, 4.69) is 6.92 Å². The van der Waals surface area contributed by atoms with Gasteiger partial charge in [0.2, 0.25) is 0 Å². The molecule has 21 heavy (non-hydrogen) atoms. The number of hydrogen-bond donors (Lipinski definition) is 0. The first-order valence-electron chi connectivity index (χ1n) is 7.80. The number of carbonyl (C=O) groups is 1. The van der Waals surface area contributed by atoms with Gasteiger partial charge < -0.3 is 9.47 Å². The van der Waals surface area contributed by atoms with E-state index in [9.17, 15) is 4.79 Å². The van der Waals surface area contributed by atoms with Crippen LogP contribution in [0.15, 0.2) is 48.8 Å². The van der Waals surface area contributed by atoms with E-state index in [1.165, 1.54) is 12.8 Å². The molecule has 0 aliphatic heterocycles. The Labute approximate surface area is 126 Å². The van der Waals surface area contributed by atoms with Crippen molar-refractivity contribution in [2.75, 3.05) is 13.1 Å². The normalized spacial score (nSPS) is 14.1. The van der Waals surface area contributed by atoms with Crippen LogP contribution in [-0.2, 0) is 0 Å². The number of hydrogen-bond acceptors (Lipinski definition) is 1. The van der Waals surface area contributed by atoms with Crippen molar-refractivity contribution >= 4 is 5.91 Å². The monoisotopic (exact) mass is 282 g/mol. The van der Waals surface area contributed by atoms with Gasteiger partial charge in [-0.1, -0.05) is 6.92 Å². The van der Waals surface area contributed by atoms with Crippen molar-refractivity contribution < 1.29 is 4.79 Å². The van der Waals surface area contributed by atoms with E-state index in [1.54, 1.807) is 0 Å². The summed E-state index contributed by atoms with van der Waals surface area (Å²) in [5, 5.41) is 0. The molecule has 0 atom stereocenters. The molecule has 3 nitrogen and oxygen atoms in total. The third-order valence-electron chi connectivity index (χ3n) is 3.97. The van der Waals surface area contributed by atoms with Crippen LogP contribution in [0, 0.1) is 5.92 Å². The van der Waals surface area contributed by atoms with Gasteiger partial charge in [0.1, 0.15) is 0 Å². The van der Waals surface area contributed by atoms with Crippen LogP contribution < -0.4 is 0 Å². The zero-order valence-corrected chi connectivity index (χ0v) is 12.5. The summed E-state index contributed by atoms with van der Waals surface area (Å²) in [6.07, 6.45) is 7.58. The summed E-state index contributed by atoms with van der Waals surface area (Å²) in [6, 6.07) is 11.9. The molecule has 1 fully saturated rings. The fourth-order valence-corrected chi connectivity index (χ4v) is 2.62. The van der Waals surface area contributed by atoms with Crippen molar-refractivity contribution in [1.82, 2.24) is 9.47 Å². The number of amides is 1. The first kappa shape index (κ1) is 13.9. The van der Waals surface area contributed by atoms with Crippen LogP contribution in [0.2, 0.25) is 0 Å². The maximum absolute atomic E-state index is 12.6. The molecule has 1 aromatic carbocycles. The Morgan fingerprint density at radius 2 is 1.86 bits per heavy atom. The summed E-state index contributed by atoms with van der Waals surface area (Å²) in [5.41, 5.74) is 1.88. The summed E-state index contributed by atoms with van der Waals surface area (Å²) < 4.78 is 2.04. The van der Waals surface area contributed by atoms with E-state index in [-0.39, 0.29) is 5.91 Å². The molecule has 1 aliphatic carbocycles. The predicted octanol–water partition coefficient (Wildman–Crippen LogP) is 3.74. The minimum atomic E-state index is 0.169. The number of benzene rings is 1. The average Bonchev–Trinajstić information content (AvgIpc) is 3.16. The predicted molar refractivity (Wildman–Crippen MR) is 84.7 cm³/mol. The third-order valence-corrected chi connectivity index (χ3v) is 3.97. The van der Waals surface area contributed by atoms with Gasteiger partial charge in [0.05, 0.1) is 0 Å². The molecule has 0 saturated heterocycles. The van der Waals surface area contributed by atoms with E-state index in [1.807, 2.05) is 58.3 Å². The average molecular weight is 282 g/mol. The van der Waals surface area contributed by atoms with Crippen LogP contribution in [0.5, 0.6) is 0 Å². The Hall–Kier alpha value is -2.03. The lowest BCUT2D eigenvalue weighted by molar-refractivity contribution is 0.0748. The van der Waals surface area contributed by atoms with Gasteiger partial charge in [-0.2, -0.15) is 0 Å². The summed E-state index contributed by atoms with van der Waals surface area (Å²) in [4.78, 5) is 14.6. The molecule has 0 spiro atoms. The van der Waals surface area contributed by atoms with Crippen molar-refractivity contribution in [1.29, 1.82) is 0 Å². The Bertz CT molecular complexity index is 582. The highest BCUT2D eigenvalue weighted by Crippen LogP contribution is 2.30. The zero-order valence-electron chi connectivity index (χ0n) is 12.5. The second kappa shape index (κ2) is 6.17.